The van der Waals surface area contributed by atoms with Crippen LogP contribution in [0.1, 0.15) is 44.7 Å². The maximum Gasteiger partial charge on any atom is 0.0451 e. The molecule has 118 valence electrons. The van der Waals surface area contributed by atoms with E-state index in [-0.39, 0.29) is 5.41 Å². The number of rotatable bonds is 3. The summed E-state index contributed by atoms with van der Waals surface area (Å²) in [5.41, 5.74) is 2.81. The van der Waals surface area contributed by atoms with Crippen LogP contribution in [0.3, 0.4) is 0 Å². The monoisotopic (exact) mass is 308 g/mol. The van der Waals surface area contributed by atoms with Gasteiger partial charge in [-0.2, -0.15) is 0 Å². The molecule has 21 heavy (non-hydrogen) atoms. The summed E-state index contributed by atoms with van der Waals surface area (Å²) in [7, 11) is 4.37. The van der Waals surface area contributed by atoms with E-state index in [1.807, 2.05) is 0 Å². The molecule has 0 unspecified atom stereocenters. The van der Waals surface area contributed by atoms with Gasteiger partial charge >= 0.3 is 0 Å². The predicted octanol–water partition coefficient (Wildman–Crippen LogP) is 4.16. The molecule has 1 aliphatic heterocycles. The van der Waals surface area contributed by atoms with Crippen molar-refractivity contribution in [2.75, 3.05) is 27.2 Å². The van der Waals surface area contributed by atoms with Crippen molar-refractivity contribution in [1.82, 2.24) is 9.80 Å². The number of hydrogen-bond donors (Lipinski definition) is 0. The minimum atomic E-state index is 0.178. The molecule has 0 N–H and O–H groups in total. The van der Waals surface area contributed by atoms with Crippen LogP contribution >= 0.6 is 11.6 Å². The molecule has 0 aliphatic carbocycles. The first-order chi connectivity index (χ1) is 9.77. The zero-order valence-electron chi connectivity index (χ0n) is 14.1. The molecule has 1 saturated heterocycles. The van der Waals surface area contributed by atoms with Crippen molar-refractivity contribution >= 4 is 11.6 Å². The van der Waals surface area contributed by atoms with Crippen LogP contribution < -0.4 is 0 Å². The number of halogens is 1. The summed E-state index contributed by atoms with van der Waals surface area (Å²) in [5.74, 6) is 0. The molecule has 1 fully saturated rings. The lowest BCUT2D eigenvalue weighted by atomic mass is 9.86. The van der Waals surface area contributed by atoms with Crippen molar-refractivity contribution < 1.29 is 0 Å². The Bertz CT molecular complexity index is 469. The summed E-state index contributed by atoms with van der Waals surface area (Å²) in [5, 5.41) is 0.901. The maximum absolute atomic E-state index is 6.41. The van der Waals surface area contributed by atoms with E-state index in [0.29, 0.717) is 0 Å². The lowest BCUT2D eigenvalue weighted by Gasteiger charge is -2.35. The second-order valence-corrected chi connectivity index (χ2v) is 7.93. The molecular formula is C18H29ClN2. The number of likely N-dealkylation sites (tertiary alicyclic amines) is 1. The summed E-state index contributed by atoms with van der Waals surface area (Å²) in [6.07, 6.45) is 2.51. The Kier molecular flexibility index (Phi) is 5.34. The summed E-state index contributed by atoms with van der Waals surface area (Å²) in [6.45, 7) is 10.1. The van der Waals surface area contributed by atoms with Crippen LogP contribution in [-0.2, 0) is 12.0 Å². The van der Waals surface area contributed by atoms with E-state index in [2.05, 4.69) is 62.9 Å². The Balaban J connectivity index is 2.03. The smallest absolute Gasteiger partial charge is 0.0451 e. The zero-order chi connectivity index (χ0) is 15.6. The highest BCUT2D eigenvalue weighted by Crippen LogP contribution is 2.28. The van der Waals surface area contributed by atoms with Gasteiger partial charge in [-0.15, -0.1) is 0 Å². The highest BCUT2D eigenvalue weighted by molar-refractivity contribution is 6.31. The highest BCUT2D eigenvalue weighted by Gasteiger charge is 2.22. The zero-order valence-corrected chi connectivity index (χ0v) is 14.9. The normalized spacial score (nSPS) is 18.4. The molecule has 0 aromatic heterocycles. The molecule has 1 aromatic carbocycles. The average molecular weight is 309 g/mol. The standard InChI is InChI=1S/C18H29ClN2/c1-18(2,3)15-6-7-17(19)14(12-15)13-21-10-8-16(9-11-21)20(4)5/h6-7,12,16H,8-11,13H2,1-5H3. The Morgan fingerprint density at radius 1 is 1.19 bits per heavy atom. The van der Waals surface area contributed by atoms with E-state index in [1.165, 1.54) is 37.1 Å². The van der Waals surface area contributed by atoms with Crippen LogP contribution in [0.25, 0.3) is 0 Å². The van der Waals surface area contributed by atoms with Crippen LogP contribution in [0, 0.1) is 0 Å². The third-order valence-corrected chi connectivity index (χ3v) is 4.96. The van der Waals surface area contributed by atoms with Crippen molar-refractivity contribution in [2.45, 2.75) is 51.6 Å². The van der Waals surface area contributed by atoms with Gasteiger partial charge in [-0.3, -0.25) is 4.90 Å². The lowest BCUT2D eigenvalue weighted by Crippen LogP contribution is -2.41. The summed E-state index contributed by atoms with van der Waals surface area (Å²) in [4.78, 5) is 4.89. The second kappa shape index (κ2) is 6.68. The van der Waals surface area contributed by atoms with Crippen LogP contribution in [0.4, 0.5) is 0 Å². The largest absolute Gasteiger partial charge is 0.306 e. The molecule has 0 saturated carbocycles. The third kappa shape index (κ3) is 4.45. The van der Waals surface area contributed by atoms with Gasteiger partial charge in [-0.05, 0) is 62.6 Å². The molecule has 3 heteroatoms. The quantitative estimate of drug-likeness (QED) is 0.827. The number of piperidine rings is 1. The Hall–Kier alpha value is -0.570. The van der Waals surface area contributed by atoms with Crippen molar-refractivity contribution in [3.05, 3.63) is 34.3 Å². The first kappa shape index (κ1) is 16.8. The number of benzene rings is 1. The van der Waals surface area contributed by atoms with E-state index < -0.39 is 0 Å². The number of hydrogen-bond acceptors (Lipinski definition) is 2. The van der Waals surface area contributed by atoms with Gasteiger partial charge in [0.1, 0.15) is 0 Å². The van der Waals surface area contributed by atoms with E-state index in [0.717, 1.165) is 17.6 Å². The van der Waals surface area contributed by atoms with Crippen LogP contribution in [0.2, 0.25) is 5.02 Å². The molecule has 0 spiro atoms. The molecule has 2 rings (SSSR count). The second-order valence-electron chi connectivity index (χ2n) is 7.53. The maximum atomic E-state index is 6.41. The summed E-state index contributed by atoms with van der Waals surface area (Å²) < 4.78 is 0. The molecule has 1 heterocycles. The molecular weight excluding hydrogens is 280 g/mol. The highest BCUT2D eigenvalue weighted by atomic mass is 35.5. The Morgan fingerprint density at radius 2 is 1.81 bits per heavy atom. The Morgan fingerprint density at radius 3 is 2.33 bits per heavy atom. The number of nitrogens with zero attached hydrogens (tertiary/aromatic N) is 2. The van der Waals surface area contributed by atoms with E-state index in [1.54, 1.807) is 0 Å². The first-order valence-electron chi connectivity index (χ1n) is 7.95. The predicted molar refractivity (Wildman–Crippen MR) is 92.1 cm³/mol. The molecule has 0 atom stereocenters. The minimum Gasteiger partial charge on any atom is -0.306 e. The summed E-state index contributed by atoms with van der Waals surface area (Å²) in [6, 6.07) is 7.24. The molecule has 0 radical (unpaired) electrons. The van der Waals surface area contributed by atoms with Gasteiger partial charge < -0.3 is 4.90 Å². The summed E-state index contributed by atoms with van der Waals surface area (Å²) >= 11 is 6.41. The van der Waals surface area contributed by atoms with Gasteiger partial charge in [-0.1, -0.05) is 44.5 Å². The SMILES string of the molecule is CN(C)C1CCN(Cc2cc(C(C)(C)C)ccc2Cl)CC1. The fraction of sp³-hybridized carbons (Fsp3) is 0.667. The van der Waals surface area contributed by atoms with Crippen molar-refractivity contribution in [2.24, 2.45) is 0 Å². The molecule has 0 amide bonds. The Labute approximate surface area is 135 Å². The van der Waals surface area contributed by atoms with Crippen molar-refractivity contribution in [3.8, 4) is 0 Å². The van der Waals surface area contributed by atoms with Gasteiger partial charge in [0.2, 0.25) is 0 Å². The van der Waals surface area contributed by atoms with Gasteiger partial charge in [0, 0.05) is 17.6 Å². The minimum absolute atomic E-state index is 0.178. The van der Waals surface area contributed by atoms with E-state index in [4.69, 9.17) is 11.6 Å². The van der Waals surface area contributed by atoms with Gasteiger partial charge in [0.15, 0.2) is 0 Å². The van der Waals surface area contributed by atoms with Crippen LogP contribution in [0.15, 0.2) is 18.2 Å². The third-order valence-electron chi connectivity index (χ3n) is 4.59. The molecule has 1 aliphatic rings. The lowest BCUT2D eigenvalue weighted by molar-refractivity contribution is 0.140. The average Bonchev–Trinajstić information content (AvgIpc) is 2.40. The molecule has 0 bridgehead atoms. The topological polar surface area (TPSA) is 6.48 Å². The van der Waals surface area contributed by atoms with E-state index in [9.17, 15) is 0 Å². The van der Waals surface area contributed by atoms with Crippen LogP contribution in [0.5, 0.6) is 0 Å². The van der Waals surface area contributed by atoms with Gasteiger partial charge in [0.05, 0.1) is 0 Å². The van der Waals surface area contributed by atoms with E-state index >= 15 is 0 Å². The van der Waals surface area contributed by atoms with Gasteiger partial charge in [0.25, 0.3) is 0 Å². The van der Waals surface area contributed by atoms with Crippen molar-refractivity contribution in [1.29, 1.82) is 0 Å². The van der Waals surface area contributed by atoms with Crippen molar-refractivity contribution in [3.63, 3.8) is 0 Å². The van der Waals surface area contributed by atoms with Gasteiger partial charge in [-0.25, -0.2) is 0 Å². The molecule has 1 aromatic rings. The first-order valence-corrected chi connectivity index (χ1v) is 8.33. The molecule has 2 nitrogen and oxygen atoms in total. The fourth-order valence-electron chi connectivity index (χ4n) is 3.00. The van der Waals surface area contributed by atoms with Crippen LogP contribution in [-0.4, -0.2) is 43.0 Å². The fourth-order valence-corrected chi connectivity index (χ4v) is 3.17.